The lowest BCUT2D eigenvalue weighted by Gasteiger charge is -2.29. The number of carbonyl (C=O) groups is 2. The Morgan fingerprint density at radius 2 is 1.85 bits per heavy atom. The topological polar surface area (TPSA) is 61.9 Å². The number of benzene rings is 1. The number of nitrogens with zero attached hydrogens (tertiary/aromatic N) is 2. The first kappa shape index (κ1) is 20.2. The summed E-state index contributed by atoms with van der Waals surface area (Å²) in [6.07, 6.45) is 0.371. The molecule has 0 saturated carbocycles. The van der Waals surface area contributed by atoms with Crippen molar-refractivity contribution >= 4 is 11.8 Å². The van der Waals surface area contributed by atoms with Gasteiger partial charge in [0, 0.05) is 51.3 Å². The summed E-state index contributed by atoms with van der Waals surface area (Å²) in [7, 11) is 0. The smallest absolute Gasteiger partial charge is 0.253 e. The first-order valence-corrected chi connectivity index (χ1v) is 9.52. The highest BCUT2D eigenvalue weighted by molar-refractivity contribution is 5.94. The van der Waals surface area contributed by atoms with E-state index in [0.717, 1.165) is 31.9 Å². The van der Waals surface area contributed by atoms with Crippen LogP contribution in [0.1, 0.15) is 37.6 Å². The van der Waals surface area contributed by atoms with E-state index in [2.05, 4.69) is 19.2 Å². The molecule has 26 heavy (non-hydrogen) atoms. The minimum absolute atomic E-state index is 0.0325. The Balaban J connectivity index is 1.98. The number of hydrogen-bond acceptors (Lipinski definition) is 4. The van der Waals surface area contributed by atoms with E-state index in [4.69, 9.17) is 4.74 Å². The molecule has 1 aliphatic heterocycles. The summed E-state index contributed by atoms with van der Waals surface area (Å²) in [6.45, 7) is 11.0. The van der Waals surface area contributed by atoms with Gasteiger partial charge in [-0.05, 0) is 37.1 Å². The van der Waals surface area contributed by atoms with Crippen molar-refractivity contribution in [1.29, 1.82) is 0 Å². The van der Waals surface area contributed by atoms with Gasteiger partial charge >= 0.3 is 0 Å². The molecule has 0 radical (unpaired) electrons. The molecule has 6 heteroatoms. The summed E-state index contributed by atoms with van der Waals surface area (Å²) in [5.41, 5.74) is 0.628. The van der Waals surface area contributed by atoms with Crippen LogP contribution >= 0.6 is 0 Å². The molecular formula is C20H31N3O3. The minimum atomic E-state index is -0.0325. The average Bonchev–Trinajstić information content (AvgIpc) is 2.65. The van der Waals surface area contributed by atoms with E-state index in [1.807, 2.05) is 24.0 Å². The molecule has 0 spiro atoms. The molecule has 1 aromatic carbocycles. The molecule has 0 unspecified atom stereocenters. The zero-order chi connectivity index (χ0) is 18.9. The number of piperazine rings is 1. The molecule has 0 bridgehead atoms. The number of carbonyl (C=O) groups excluding carboxylic acids is 2. The van der Waals surface area contributed by atoms with Crippen molar-refractivity contribution in [2.75, 3.05) is 45.9 Å². The van der Waals surface area contributed by atoms with Crippen molar-refractivity contribution in [1.82, 2.24) is 15.1 Å². The highest BCUT2D eigenvalue weighted by Gasteiger charge is 2.21. The molecule has 1 N–H and O–H groups in total. The SMILES string of the molecule is CCOc1ccc(C(=O)N(CCC(=O)N2CCNCC2)CC(C)C)cc1. The predicted octanol–water partition coefficient (Wildman–Crippen LogP) is 2.01. The van der Waals surface area contributed by atoms with Crippen molar-refractivity contribution in [3.8, 4) is 5.75 Å². The van der Waals surface area contributed by atoms with Crippen LogP contribution < -0.4 is 10.1 Å². The largest absolute Gasteiger partial charge is 0.494 e. The zero-order valence-corrected chi connectivity index (χ0v) is 16.2. The van der Waals surface area contributed by atoms with E-state index in [0.29, 0.717) is 37.6 Å². The van der Waals surface area contributed by atoms with E-state index >= 15 is 0 Å². The van der Waals surface area contributed by atoms with Gasteiger partial charge in [0.2, 0.25) is 5.91 Å². The third-order valence-electron chi connectivity index (χ3n) is 4.35. The molecule has 1 saturated heterocycles. The second kappa shape index (κ2) is 10.2. The molecule has 1 heterocycles. The fourth-order valence-corrected chi connectivity index (χ4v) is 3.06. The van der Waals surface area contributed by atoms with Gasteiger partial charge in [0.1, 0.15) is 5.75 Å². The average molecular weight is 361 g/mol. The maximum Gasteiger partial charge on any atom is 0.253 e. The molecule has 144 valence electrons. The van der Waals surface area contributed by atoms with Crippen LogP contribution in [0.25, 0.3) is 0 Å². The van der Waals surface area contributed by atoms with Gasteiger partial charge in [-0.1, -0.05) is 13.8 Å². The third kappa shape index (κ3) is 6.02. The van der Waals surface area contributed by atoms with Gasteiger partial charge < -0.3 is 19.9 Å². The molecule has 0 atom stereocenters. The number of hydrogen-bond donors (Lipinski definition) is 1. The van der Waals surface area contributed by atoms with Crippen LogP contribution in [-0.4, -0.2) is 67.5 Å². The lowest BCUT2D eigenvalue weighted by Crippen LogP contribution is -2.47. The van der Waals surface area contributed by atoms with Crippen molar-refractivity contribution < 1.29 is 14.3 Å². The Morgan fingerprint density at radius 1 is 1.19 bits per heavy atom. The van der Waals surface area contributed by atoms with Gasteiger partial charge in [-0.15, -0.1) is 0 Å². The minimum Gasteiger partial charge on any atom is -0.494 e. The molecule has 1 fully saturated rings. The fourth-order valence-electron chi connectivity index (χ4n) is 3.06. The summed E-state index contributed by atoms with van der Waals surface area (Å²) >= 11 is 0. The summed E-state index contributed by atoms with van der Waals surface area (Å²) in [5, 5.41) is 3.25. The van der Waals surface area contributed by atoms with Crippen LogP contribution in [0.4, 0.5) is 0 Å². The van der Waals surface area contributed by atoms with Crippen LogP contribution in [-0.2, 0) is 4.79 Å². The quantitative estimate of drug-likeness (QED) is 0.769. The normalized spacial score (nSPS) is 14.4. The van der Waals surface area contributed by atoms with Gasteiger partial charge in [-0.3, -0.25) is 9.59 Å². The van der Waals surface area contributed by atoms with E-state index in [1.54, 1.807) is 17.0 Å². The van der Waals surface area contributed by atoms with Crippen LogP contribution in [0.2, 0.25) is 0 Å². The van der Waals surface area contributed by atoms with E-state index in [-0.39, 0.29) is 11.8 Å². The van der Waals surface area contributed by atoms with Gasteiger partial charge in [0.15, 0.2) is 0 Å². The first-order chi connectivity index (χ1) is 12.5. The summed E-state index contributed by atoms with van der Waals surface area (Å²) in [4.78, 5) is 29.0. The van der Waals surface area contributed by atoms with Gasteiger partial charge in [0.05, 0.1) is 6.61 Å². The Morgan fingerprint density at radius 3 is 2.42 bits per heavy atom. The lowest BCUT2D eigenvalue weighted by atomic mass is 10.1. The maximum atomic E-state index is 12.9. The van der Waals surface area contributed by atoms with E-state index in [9.17, 15) is 9.59 Å². The second-order valence-corrected chi connectivity index (χ2v) is 6.98. The molecule has 2 rings (SSSR count). The number of rotatable bonds is 8. The first-order valence-electron chi connectivity index (χ1n) is 9.52. The number of amides is 2. The lowest BCUT2D eigenvalue weighted by molar-refractivity contribution is -0.132. The van der Waals surface area contributed by atoms with E-state index < -0.39 is 0 Å². The maximum absolute atomic E-state index is 12.9. The van der Waals surface area contributed by atoms with Crippen molar-refractivity contribution in [3.63, 3.8) is 0 Å². The standard InChI is InChI=1S/C20H31N3O3/c1-4-26-18-7-5-17(6-8-18)20(25)23(15-16(2)3)12-9-19(24)22-13-10-21-11-14-22/h5-8,16,21H,4,9-15H2,1-3H3. The fraction of sp³-hybridized carbons (Fsp3) is 0.600. The molecule has 1 aromatic rings. The Labute approximate surface area is 156 Å². The van der Waals surface area contributed by atoms with Crippen molar-refractivity contribution in [2.24, 2.45) is 5.92 Å². The summed E-state index contributed by atoms with van der Waals surface area (Å²) < 4.78 is 5.43. The van der Waals surface area contributed by atoms with Crippen LogP contribution in [0.15, 0.2) is 24.3 Å². The predicted molar refractivity (Wildman–Crippen MR) is 102 cm³/mol. The van der Waals surface area contributed by atoms with Gasteiger partial charge in [0.25, 0.3) is 5.91 Å². The molecular weight excluding hydrogens is 330 g/mol. The van der Waals surface area contributed by atoms with E-state index in [1.165, 1.54) is 0 Å². The number of ether oxygens (including phenoxy) is 1. The van der Waals surface area contributed by atoms with Gasteiger partial charge in [-0.2, -0.15) is 0 Å². The molecule has 6 nitrogen and oxygen atoms in total. The highest BCUT2D eigenvalue weighted by Crippen LogP contribution is 2.15. The second-order valence-electron chi connectivity index (χ2n) is 6.98. The third-order valence-corrected chi connectivity index (χ3v) is 4.35. The van der Waals surface area contributed by atoms with Crippen molar-refractivity contribution in [3.05, 3.63) is 29.8 Å². The highest BCUT2D eigenvalue weighted by atomic mass is 16.5. The van der Waals surface area contributed by atoms with Gasteiger partial charge in [-0.25, -0.2) is 0 Å². The van der Waals surface area contributed by atoms with Crippen molar-refractivity contribution in [2.45, 2.75) is 27.2 Å². The van der Waals surface area contributed by atoms with Crippen LogP contribution in [0, 0.1) is 5.92 Å². The zero-order valence-electron chi connectivity index (χ0n) is 16.2. The number of nitrogens with one attached hydrogen (secondary N) is 1. The monoisotopic (exact) mass is 361 g/mol. The molecule has 1 aliphatic rings. The van der Waals surface area contributed by atoms with Crippen LogP contribution in [0.5, 0.6) is 5.75 Å². The molecule has 0 aliphatic carbocycles. The Kier molecular flexibility index (Phi) is 7.91. The summed E-state index contributed by atoms with van der Waals surface area (Å²) in [6, 6.07) is 7.21. The van der Waals surface area contributed by atoms with Crippen LogP contribution in [0.3, 0.4) is 0 Å². The Bertz CT molecular complexity index is 580. The molecule has 2 amide bonds. The Hall–Kier alpha value is -2.08. The summed E-state index contributed by atoms with van der Waals surface area (Å²) in [5.74, 6) is 1.19. The molecule has 0 aromatic heterocycles.